The molecule has 0 aliphatic carbocycles. The van der Waals surface area contributed by atoms with Crippen molar-refractivity contribution in [2.75, 3.05) is 32.7 Å². The van der Waals surface area contributed by atoms with Gasteiger partial charge >= 0.3 is 0 Å². The topological polar surface area (TPSA) is 56.8 Å². The number of nitrogens with zero attached hydrogens (tertiary/aromatic N) is 3. The van der Waals surface area contributed by atoms with Crippen LogP contribution in [0, 0.1) is 12.8 Å². The maximum atomic E-state index is 4.51. The third kappa shape index (κ3) is 3.93. The highest BCUT2D eigenvalue weighted by Crippen LogP contribution is 2.26. The van der Waals surface area contributed by atoms with Crippen molar-refractivity contribution in [1.29, 1.82) is 0 Å². The fourth-order valence-corrected chi connectivity index (χ4v) is 3.40. The van der Waals surface area contributed by atoms with Crippen LogP contribution in [0.5, 0.6) is 0 Å². The van der Waals surface area contributed by atoms with Crippen molar-refractivity contribution in [3.05, 3.63) is 11.6 Å². The number of nitrogens with one attached hydrogen (secondary N) is 2. The van der Waals surface area contributed by atoms with Crippen LogP contribution in [0.25, 0.3) is 0 Å². The first-order valence-electron chi connectivity index (χ1n) is 7.63. The van der Waals surface area contributed by atoms with E-state index in [-0.39, 0.29) is 12.4 Å². The quantitative estimate of drug-likeness (QED) is 0.892. The zero-order valence-electron chi connectivity index (χ0n) is 12.3. The highest BCUT2D eigenvalue weighted by Gasteiger charge is 2.26. The molecule has 3 rings (SSSR count). The molecule has 5 nitrogen and oxygen atoms in total. The van der Waals surface area contributed by atoms with Gasteiger partial charge < -0.3 is 10.2 Å². The molecule has 1 unspecified atom stereocenters. The van der Waals surface area contributed by atoms with E-state index in [1.54, 1.807) is 0 Å². The number of hydrogen-bond acceptors (Lipinski definition) is 4. The molecule has 2 saturated heterocycles. The van der Waals surface area contributed by atoms with Gasteiger partial charge in [-0.3, -0.25) is 5.10 Å². The van der Waals surface area contributed by atoms with E-state index in [2.05, 4.69) is 25.4 Å². The van der Waals surface area contributed by atoms with Crippen molar-refractivity contribution < 1.29 is 0 Å². The minimum absolute atomic E-state index is 0. The van der Waals surface area contributed by atoms with Crippen LogP contribution in [0.15, 0.2) is 0 Å². The van der Waals surface area contributed by atoms with E-state index < -0.39 is 0 Å². The number of aromatic amines is 1. The Morgan fingerprint density at radius 3 is 2.75 bits per heavy atom. The van der Waals surface area contributed by atoms with E-state index in [4.69, 9.17) is 0 Å². The van der Waals surface area contributed by atoms with Gasteiger partial charge in [0.25, 0.3) is 0 Å². The first-order valence-corrected chi connectivity index (χ1v) is 7.63. The predicted molar refractivity (Wildman–Crippen MR) is 82.4 cm³/mol. The molecule has 0 saturated carbocycles. The molecular weight excluding hydrogens is 274 g/mol. The molecule has 114 valence electrons. The van der Waals surface area contributed by atoms with Crippen molar-refractivity contribution >= 4 is 12.4 Å². The SMILES string of the molecule is Cc1nc(C2CCCN(CC3CCNCC3)C2)n[nH]1.Cl. The molecule has 1 atom stereocenters. The highest BCUT2D eigenvalue weighted by molar-refractivity contribution is 5.85. The van der Waals surface area contributed by atoms with E-state index >= 15 is 0 Å². The third-order valence-corrected chi connectivity index (χ3v) is 4.46. The monoisotopic (exact) mass is 299 g/mol. The predicted octanol–water partition coefficient (Wildman–Crippen LogP) is 1.71. The Balaban J connectivity index is 0.00000147. The highest BCUT2D eigenvalue weighted by atomic mass is 35.5. The molecule has 3 heterocycles. The fraction of sp³-hybridized carbons (Fsp3) is 0.857. The summed E-state index contributed by atoms with van der Waals surface area (Å²) in [5, 5.41) is 10.8. The number of halogens is 1. The summed E-state index contributed by atoms with van der Waals surface area (Å²) in [6.07, 6.45) is 5.19. The second-order valence-electron chi connectivity index (χ2n) is 6.07. The van der Waals surface area contributed by atoms with Gasteiger partial charge in [-0.15, -0.1) is 12.4 Å². The van der Waals surface area contributed by atoms with Crippen LogP contribution in [0.4, 0.5) is 0 Å². The number of likely N-dealkylation sites (tertiary alicyclic amines) is 1. The van der Waals surface area contributed by atoms with Crippen LogP contribution in [-0.2, 0) is 0 Å². The Morgan fingerprint density at radius 2 is 2.05 bits per heavy atom. The second kappa shape index (κ2) is 7.38. The summed E-state index contributed by atoms with van der Waals surface area (Å²) < 4.78 is 0. The lowest BCUT2D eigenvalue weighted by Gasteiger charge is -2.35. The first kappa shape index (κ1) is 15.7. The van der Waals surface area contributed by atoms with Crippen molar-refractivity contribution in [1.82, 2.24) is 25.4 Å². The molecule has 2 aliphatic rings. The number of aromatic nitrogens is 3. The lowest BCUT2D eigenvalue weighted by molar-refractivity contribution is 0.161. The molecule has 6 heteroatoms. The summed E-state index contributed by atoms with van der Waals surface area (Å²) in [6, 6.07) is 0. The van der Waals surface area contributed by atoms with Crippen molar-refractivity contribution in [2.45, 2.75) is 38.5 Å². The molecular formula is C14H26ClN5. The standard InChI is InChI=1S/C14H25N5.ClH/c1-11-16-14(18-17-11)13-3-2-8-19(10-13)9-12-4-6-15-7-5-12;/h12-13,15H,2-10H2,1H3,(H,16,17,18);1H. The summed E-state index contributed by atoms with van der Waals surface area (Å²) in [7, 11) is 0. The maximum absolute atomic E-state index is 4.51. The molecule has 0 amide bonds. The molecule has 0 spiro atoms. The Morgan fingerprint density at radius 1 is 1.25 bits per heavy atom. The van der Waals surface area contributed by atoms with Crippen molar-refractivity contribution in [3.8, 4) is 0 Å². The van der Waals surface area contributed by atoms with E-state index in [1.165, 1.54) is 51.9 Å². The van der Waals surface area contributed by atoms with Gasteiger partial charge in [0.15, 0.2) is 5.82 Å². The van der Waals surface area contributed by atoms with E-state index in [0.29, 0.717) is 5.92 Å². The van der Waals surface area contributed by atoms with Gasteiger partial charge in [0.05, 0.1) is 0 Å². The average Bonchev–Trinajstić information content (AvgIpc) is 2.87. The summed E-state index contributed by atoms with van der Waals surface area (Å²) in [5.41, 5.74) is 0. The molecule has 2 N–H and O–H groups in total. The molecule has 2 fully saturated rings. The van der Waals surface area contributed by atoms with Gasteiger partial charge in [0.1, 0.15) is 5.82 Å². The van der Waals surface area contributed by atoms with Crippen LogP contribution in [0.1, 0.15) is 43.3 Å². The summed E-state index contributed by atoms with van der Waals surface area (Å²) in [5.74, 6) is 3.37. The smallest absolute Gasteiger partial charge is 0.155 e. The fourth-order valence-electron chi connectivity index (χ4n) is 3.40. The van der Waals surface area contributed by atoms with Gasteiger partial charge in [0.2, 0.25) is 0 Å². The van der Waals surface area contributed by atoms with E-state index in [9.17, 15) is 0 Å². The Hall–Kier alpha value is -0.650. The van der Waals surface area contributed by atoms with Crippen molar-refractivity contribution in [3.63, 3.8) is 0 Å². The Labute approximate surface area is 127 Å². The van der Waals surface area contributed by atoms with E-state index in [0.717, 1.165) is 24.1 Å². The molecule has 0 aromatic carbocycles. The Kier molecular flexibility index (Phi) is 5.81. The normalized spacial score (nSPS) is 25.4. The van der Waals surface area contributed by atoms with Gasteiger partial charge in [-0.1, -0.05) is 0 Å². The maximum Gasteiger partial charge on any atom is 0.155 e. The number of aryl methyl sites for hydroxylation is 1. The van der Waals surface area contributed by atoms with Crippen molar-refractivity contribution in [2.24, 2.45) is 5.92 Å². The lowest BCUT2D eigenvalue weighted by atomic mass is 9.93. The van der Waals surface area contributed by atoms with E-state index in [1.807, 2.05) is 6.92 Å². The minimum Gasteiger partial charge on any atom is -0.317 e. The molecule has 1 aromatic heterocycles. The average molecular weight is 300 g/mol. The van der Waals surface area contributed by atoms with Gasteiger partial charge in [-0.25, -0.2) is 4.98 Å². The number of hydrogen-bond donors (Lipinski definition) is 2. The minimum atomic E-state index is 0. The van der Waals surface area contributed by atoms with Crippen LogP contribution in [0.3, 0.4) is 0 Å². The van der Waals surface area contributed by atoms with Crippen LogP contribution >= 0.6 is 12.4 Å². The summed E-state index contributed by atoms with van der Waals surface area (Å²) >= 11 is 0. The largest absolute Gasteiger partial charge is 0.317 e. The van der Waals surface area contributed by atoms with Gasteiger partial charge in [0, 0.05) is 19.0 Å². The molecule has 2 aliphatic heterocycles. The molecule has 1 aromatic rings. The number of piperidine rings is 2. The number of rotatable bonds is 3. The Bertz CT molecular complexity index is 402. The van der Waals surface area contributed by atoms with Gasteiger partial charge in [-0.05, 0) is 58.2 Å². The zero-order valence-corrected chi connectivity index (χ0v) is 13.1. The van der Waals surface area contributed by atoms with Crippen LogP contribution in [-0.4, -0.2) is 52.8 Å². The molecule has 20 heavy (non-hydrogen) atoms. The first-order chi connectivity index (χ1) is 9.31. The number of H-pyrrole nitrogens is 1. The molecule has 0 bridgehead atoms. The van der Waals surface area contributed by atoms with Gasteiger partial charge in [-0.2, -0.15) is 5.10 Å². The van der Waals surface area contributed by atoms with Crippen LogP contribution < -0.4 is 5.32 Å². The third-order valence-electron chi connectivity index (χ3n) is 4.46. The summed E-state index contributed by atoms with van der Waals surface area (Å²) in [4.78, 5) is 7.15. The second-order valence-corrected chi connectivity index (χ2v) is 6.07. The lowest BCUT2D eigenvalue weighted by Crippen LogP contribution is -2.40. The summed E-state index contributed by atoms with van der Waals surface area (Å²) in [6.45, 7) is 8.03. The zero-order chi connectivity index (χ0) is 13.1. The van der Waals surface area contributed by atoms with Crippen LogP contribution in [0.2, 0.25) is 0 Å². The molecule has 0 radical (unpaired) electrons.